The van der Waals surface area contributed by atoms with Gasteiger partial charge in [0.25, 0.3) is 0 Å². The Morgan fingerprint density at radius 2 is 2.12 bits per heavy atom. The highest BCUT2D eigenvalue weighted by Gasteiger charge is 2.47. The first-order valence-electron chi connectivity index (χ1n) is 8.36. The molecule has 7 heteroatoms. The van der Waals surface area contributed by atoms with Crippen molar-refractivity contribution in [2.75, 3.05) is 13.2 Å². The smallest absolute Gasteiger partial charge is 0.240 e. The second-order valence-corrected chi connectivity index (χ2v) is 8.13. The maximum Gasteiger partial charge on any atom is 0.240 e. The van der Waals surface area contributed by atoms with E-state index in [1.807, 2.05) is 6.92 Å². The van der Waals surface area contributed by atoms with E-state index in [0.29, 0.717) is 18.1 Å². The summed E-state index contributed by atoms with van der Waals surface area (Å²) in [5, 5.41) is 10.9. The average Bonchev–Trinajstić information content (AvgIpc) is 3.29. The van der Waals surface area contributed by atoms with Crippen molar-refractivity contribution in [3.63, 3.8) is 0 Å². The summed E-state index contributed by atoms with van der Waals surface area (Å²) in [6.07, 6.45) is 3.18. The number of aliphatic hydroxyl groups is 1. The first-order chi connectivity index (χ1) is 11.9. The van der Waals surface area contributed by atoms with Gasteiger partial charge in [-0.2, -0.15) is 0 Å². The van der Waals surface area contributed by atoms with Crippen LogP contribution in [0.5, 0.6) is 5.75 Å². The van der Waals surface area contributed by atoms with Gasteiger partial charge >= 0.3 is 0 Å². The van der Waals surface area contributed by atoms with Gasteiger partial charge in [-0.15, -0.1) is 0 Å². The summed E-state index contributed by atoms with van der Waals surface area (Å²) in [6, 6.07) is 8.08. The van der Waals surface area contributed by atoms with E-state index in [2.05, 4.69) is 4.72 Å². The summed E-state index contributed by atoms with van der Waals surface area (Å²) >= 11 is 0. The molecule has 1 fully saturated rings. The summed E-state index contributed by atoms with van der Waals surface area (Å²) in [5.41, 5.74) is -0.579. The minimum Gasteiger partial charge on any atom is -0.494 e. The van der Waals surface area contributed by atoms with Crippen molar-refractivity contribution in [1.29, 1.82) is 0 Å². The van der Waals surface area contributed by atoms with Gasteiger partial charge in [0.05, 0.1) is 17.8 Å². The Morgan fingerprint density at radius 3 is 2.68 bits per heavy atom. The van der Waals surface area contributed by atoms with Gasteiger partial charge in [-0.1, -0.05) is 0 Å². The zero-order chi connectivity index (χ0) is 18.1. The molecule has 1 atom stereocenters. The van der Waals surface area contributed by atoms with Crippen LogP contribution in [-0.2, 0) is 15.6 Å². The summed E-state index contributed by atoms with van der Waals surface area (Å²) < 4.78 is 38.5. The lowest BCUT2D eigenvalue weighted by molar-refractivity contribution is -0.00224. The van der Waals surface area contributed by atoms with Crippen molar-refractivity contribution in [1.82, 2.24) is 4.72 Å². The molecular formula is C18H23NO5S. The lowest BCUT2D eigenvalue weighted by Crippen LogP contribution is -2.42. The Bertz CT molecular complexity index is 827. The van der Waals surface area contributed by atoms with E-state index in [0.717, 1.165) is 18.4 Å². The van der Waals surface area contributed by atoms with E-state index in [-0.39, 0.29) is 17.4 Å². The van der Waals surface area contributed by atoms with Gasteiger partial charge in [0.15, 0.2) is 0 Å². The maximum absolute atomic E-state index is 12.6. The lowest BCUT2D eigenvalue weighted by atomic mass is 9.95. The summed E-state index contributed by atoms with van der Waals surface area (Å²) in [7, 11) is -3.75. The Morgan fingerprint density at radius 1 is 1.36 bits per heavy atom. The predicted octanol–water partition coefficient (Wildman–Crippen LogP) is 2.56. The zero-order valence-corrected chi connectivity index (χ0v) is 15.2. The van der Waals surface area contributed by atoms with E-state index in [4.69, 9.17) is 9.15 Å². The Hall–Kier alpha value is -1.83. The second-order valence-electron chi connectivity index (χ2n) is 6.36. The van der Waals surface area contributed by atoms with Gasteiger partial charge in [-0.3, -0.25) is 0 Å². The van der Waals surface area contributed by atoms with Gasteiger partial charge < -0.3 is 14.3 Å². The van der Waals surface area contributed by atoms with Gasteiger partial charge in [-0.05, 0) is 68.5 Å². The van der Waals surface area contributed by atoms with Crippen LogP contribution < -0.4 is 9.46 Å². The van der Waals surface area contributed by atoms with Crippen molar-refractivity contribution < 1.29 is 22.7 Å². The highest BCUT2D eigenvalue weighted by atomic mass is 32.2. The molecule has 1 aliphatic rings. The summed E-state index contributed by atoms with van der Waals surface area (Å²) in [4.78, 5) is 0.144. The largest absolute Gasteiger partial charge is 0.494 e. The summed E-state index contributed by atoms with van der Waals surface area (Å²) in [5.74, 6) is 1.05. The van der Waals surface area contributed by atoms with Crippen LogP contribution in [0.1, 0.15) is 31.1 Å². The molecule has 0 saturated heterocycles. The van der Waals surface area contributed by atoms with Crippen LogP contribution >= 0.6 is 0 Å². The third-order valence-corrected chi connectivity index (χ3v) is 5.89. The van der Waals surface area contributed by atoms with Crippen LogP contribution in [-0.4, -0.2) is 26.7 Å². The molecule has 1 unspecified atom stereocenters. The Kier molecular flexibility index (Phi) is 4.90. The average molecular weight is 365 g/mol. The molecule has 1 aromatic carbocycles. The molecule has 0 bridgehead atoms. The molecule has 25 heavy (non-hydrogen) atoms. The number of rotatable bonds is 8. The number of nitrogens with one attached hydrogen (secondary N) is 1. The predicted molar refractivity (Wildman–Crippen MR) is 92.9 cm³/mol. The third kappa shape index (κ3) is 3.73. The fourth-order valence-corrected chi connectivity index (χ4v) is 4.07. The van der Waals surface area contributed by atoms with Crippen LogP contribution in [0.2, 0.25) is 0 Å². The van der Waals surface area contributed by atoms with Crippen molar-refractivity contribution in [3.8, 4) is 5.75 Å². The quantitative estimate of drug-likeness (QED) is 0.750. The van der Waals surface area contributed by atoms with E-state index < -0.39 is 15.6 Å². The van der Waals surface area contributed by atoms with Crippen molar-refractivity contribution in [2.45, 2.75) is 37.2 Å². The van der Waals surface area contributed by atoms with Crippen LogP contribution in [0.25, 0.3) is 0 Å². The van der Waals surface area contributed by atoms with Gasteiger partial charge in [0.1, 0.15) is 17.1 Å². The molecule has 0 spiro atoms. The molecule has 0 amide bonds. The van der Waals surface area contributed by atoms with Crippen LogP contribution in [0, 0.1) is 12.8 Å². The molecular weight excluding hydrogens is 342 g/mol. The standard InChI is InChI=1S/C18H23NO5S/c1-3-23-16-9-8-15(11-13(16)2)25(21,22)19-12-18(20,14-6-7-14)17-5-4-10-24-17/h4-5,8-11,14,19-20H,3,6-7,12H2,1-2H3. The number of hydrogen-bond donors (Lipinski definition) is 2. The zero-order valence-electron chi connectivity index (χ0n) is 14.4. The molecule has 0 radical (unpaired) electrons. The van der Waals surface area contributed by atoms with E-state index in [1.54, 1.807) is 31.2 Å². The van der Waals surface area contributed by atoms with Gasteiger partial charge in [0, 0.05) is 6.54 Å². The van der Waals surface area contributed by atoms with Crippen LogP contribution in [0.3, 0.4) is 0 Å². The van der Waals surface area contributed by atoms with Crippen molar-refractivity contribution in [2.24, 2.45) is 5.92 Å². The van der Waals surface area contributed by atoms with Crippen LogP contribution in [0.4, 0.5) is 0 Å². The fourth-order valence-electron chi connectivity index (χ4n) is 2.91. The molecule has 3 rings (SSSR count). The topological polar surface area (TPSA) is 88.8 Å². The monoisotopic (exact) mass is 365 g/mol. The van der Waals surface area contributed by atoms with Crippen molar-refractivity contribution in [3.05, 3.63) is 47.9 Å². The highest BCUT2D eigenvalue weighted by molar-refractivity contribution is 7.89. The molecule has 136 valence electrons. The molecule has 1 aliphatic carbocycles. The number of sulfonamides is 1. The first-order valence-corrected chi connectivity index (χ1v) is 9.84. The minimum absolute atomic E-state index is 0.00316. The summed E-state index contributed by atoms with van der Waals surface area (Å²) in [6.45, 7) is 4.06. The molecule has 6 nitrogen and oxygen atoms in total. The molecule has 0 aliphatic heterocycles. The molecule has 1 aromatic heterocycles. The minimum atomic E-state index is -3.75. The van der Waals surface area contributed by atoms with Crippen LogP contribution in [0.15, 0.2) is 45.9 Å². The molecule has 2 N–H and O–H groups in total. The number of furan rings is 1. The lowest BCUT2D eigenvalue weighted by Gasteiger charge is -2.26. The number of hydrogen-bond acceptors (Lipinski definition) is 5. The molecule has 2 aromatic rings. The van der Waals surface area contributed by atoms with Gasteiger partial charge in [-0.25, -0.2) is 13.1 Å². The molecule has 1 heterocycles. The maximum atomic E-state index is 12.6. The first kappa shape index (κ1) is 18.0. The van der Waals surface area contributed by atoms with Gasteiger partial charge in [0.2, 0.25) is 10.0 Å². The number of aryl methyl sites for hydroxylation is 1. The highest BCUT2D eigenvalue weighted by Crippen LogP contribution is 2.45. The third-order valence-electron chi connectivity index (χ3n) is 4.49. The van der Waals surface area contributed by atoms with Crippen molar-refractivity contribution >= 4 is 10.0 Å². The second kappa shape index (κ2) is 6.82. The van der Waals surface area contributed by atoms with E-state index in [9.17, 15) is 13.5 Å². The Balaban J connectivity index is 1.78. The fraction of sp³-hybridized carbons (Fsp3) is 0.444. The SMILES string of the molecule is CCOc1ccc(S(=O)(=O)NCC(O)(c2ccco2)C2CC2)cc1C. The molecule has 1 saturated carbocycles. The Labute approximate surface area is 147 Å². The van der Waals surface area contributed by atoms with E-state index in [1.165, 1.54) is 12.3 Å². The van der Waals surface area contributed by atoms with E-state index >= 15 is 0 Å². The number of benzene rings is 1. The normalized spacial score (nSPS) is 17.2. The number of ether oxygens (including phenoxy) is 1.